The largest absolute Gasteiger partial charge is 0.322 e. The summed E-state index contributed by atoms with van der Waals surface area (Å²) in [6.07, 6.45) is -0.673. The highest BCUT2D eigenvalue weighted by Crippen LogP contribution is 2.29. The van der Waals surface area contributed by atoms with Crippen molar-refractivity contribution in [2.45, 2.75) is 44.9 Å². The van der Waals surface area contributed by atoms with E-state index in [1.165, 1.54) is 17.0 Å². The van der Waals surface area contributed by atoms with Crippen molar-refractivity contribution in [3.8, 4) is 6.07 Å². The Morgan fingerprint density at radius 1 is 1.46 bits per heavy atom. The highest BCUT2D eigenvalue weighted by atomic mass is 35.5. The van der Waals surface area contributed by atoms with Crippen LogP contribution in [0.15, 0.2) is 24.3 Å². The standard InChI is InChI=1S/C17H21F2N3O.ClH/c1-17(2,8-11-3-5-12(18)6-4-11)15(21)16(23)22-10-13(19)7-14(22)9-20;/h3-6,13-15H,7-8,10,21H2,1-2H3;1H/t13-,14+,15-;/m1./s1. The Balaban J connectivity index is 0.00000288. The number of hydrogen-bond acceptors (Lipinski definition) is 3. The molecule has 3 atom stereocenters. The fourth-order valence-corrected chi connectivity index (χ4v) is 2.90. The summed E-state index contributed by atoms with van der Waals surface area (Å²) in [5, 5.41) is 9.06. The van der Waals surface area contributed by atoms with Gasteiger partial charge in [-0.1, -0.05) is 26.0 Å². The number of benzene rings is 1. The maximum atomic E-state index is 13.5. The fourth-order valence-electron chi connectivity index (χ4n) is 2.90. The van der Waals surface area contributed by atoms with Crippen molar-refractivity contribution in [1.82, 2.24) is 4.90 Å². The molecule has 1 saturated heterocycles. The van der Waals surface area contributed by atoms with Gasteiger partial charge < -0.3 is 10.6 Å². The molecule has 0 aliphatic carbocycles. The number of nitriles is 1. The number of hydrogen-bond donors (Lipinski definition) is 1. The van der Waals surface area contributed by atoms with Gasteiger partial charge in [-0.05, 0) is 29.5 Å². The summed E-state index contributed by atoms with van der Waals surface area (Å²) in [6.45, 7) is 3.59. The lowest BCUT2D eigenvalue weighted by molar-refractivity contribution is -0.135. The second-order valence-electron chi connectivity index (χ2n) is 6.74. The molecule has 132 valence electrons. The van der Waals surface area contributed by atoms with E-state index in [0.29, 0.717) is 6.42 Å². The highest BCUT2D eigenvalue weighted by Gasteiger charge is 2.41. The molecule has 1 aliphatic heterocycles. The normalized spacial score (nSPS) is 21.8. The molecule has 24 heavy (non-hydrogen) atoms. The smallest absolute Gasteiger partial charge is 0.241 e. The molecule has 1 aromatic carbocycles. The van der Waals surface area contributed by atoms with Crippen LogP contribution in [0, 0.1) is 22.6 Å². The molecule has 0 unspecified atom stereocenters. The molecule has 0 bridgehead atoms. The summed E-state index contributed by atoms with van der Waals surface area (Å²) in [5.41, 5.74) is 6.37. The maximum Gasteiger partial charge on any atom is 0.241 e. The van der Waals surface area contributed by atoms with Crippen LogP contribution in [0.4, 0.5) is 8.78 Å². The van der Waals surface area contributed by atoms with Crippen molar-refractivity contribution in [2.24, 2.45) is 11.1 Å². The number of halogens is 3. The third kappa shape index (κ3) is 4.43. The monoisotopic (exact) mass is 357 g/mol. The zero-order valence-corrected chi connectivity index (χ0v) is 14.5. The van der Waals surface area contributed by atoms with Crippen molar-refractivity contribution in [1.29, 1.82) is 5.26 Å². The molecule has 2 N–H and O–H groups in total. The molecular weight excluding hydrogens is 336 g/mol. The Bertz CT molecular complexity index is 615. The first kappa shape index (κ1) is 20.3. The van der Waals surface area contributed by atoms with Crippen molar-refractivity contribution in [2.75, 3.05) is 6.54 Å². The first-order valence-corrected chi connectivity index (χ1v) is 7.59. The predicted molar refractivity (Wildman–Crippen MR) is 89.7 cm³/mol. The van der Waals surface area contributed by atoms with Crippen LogP contribution in [0.3, 0.4) is 0 Å². The first-order chi connectivity index (χ1) is 10.7. The number of carbonyl (C=O) groups is 1. The van der Waals surface area contributed by atoms with E-state index in [9.17, 15) is 13.6 Å². The van der Waals surface area contributed by atoms with E-state index in [0.717, 1.165) is 5.56 Å². The van der Waals surface area contributed by atoms with Gasteiger partial charge in [-0.3, -0.25) is 4.79 Å². The average Bonchev–Trinajstić information content (AvgIpc) is 2.89. The summed E-state index contributed by atoms with van der Waals surface area (Å²) >= 11 is 0. The van der Waals surface area contributed by atoms with Crippen LogP contribution in [0.2, 0.25) is 0 Å². The number of alkyl halides is 1. The molecule has 0 spiro atoms. The van der Waals surface area contributed by atoms with Gasteiger partial charge in [-0.25, -0.2) is 8.78 Å². The van der Waals surface area contributed by atoms with Gasteiger partial charge in [0.2, 0.25) is 5.91 Å². The Hall–Kier alpha value is -1.71. The van der Waals surface area contributed by atoms with Gasteiger partial charge in [-0.15, -0.1) is 12.4 Å². The number of nitrogens with two attached hydrogens (primary N) is 1. The van der Waals surface area contributed by atoms with Gasteiger partial charge in [-0.2, -0.15) is 5.26 Å². The van der Waals surface area contributed by atoms with Crippen LogP contribution < -0.4 is 5.73 Å². The minimum atomic E-state index is -1.18. The molecule has 2 rings (SSSR count). The molecule has 1 aromatic rings. The summed E-state index contributed by atoms with van der Waals surface area (Å²) in [6, 6.07) is 6.35. The van der Waals surface area contributed by atoms with Gasteiger partial charge in [0, 0.05) is 6.42 Å². The number of carbonyl (C=O) groups excluding carboxylic acids is 1. The molecule has 0 radical (unpaired) electrons. The van der Waals surface area contributed by atoms with Crippen LogP contribution >= 0.6 is 12.4 Å². The van der Waals surface area contributed by atoms with Crippen LogP contribution in [0.5, 0.6) is 0 Å². The molecule has 7 heteroatoms. The van der Waals surface area contributed by atoms with Gasteiger partial charge in [0.15, 0.2) is 0 Å². The molecule has 0 saturated carbocycles. The zero-order valence-electron chi connectivity index (χ0n) is 13.7. The van der Waals surface area contributed by atoms with E-state index in [1.54, 1.807) is 12.1 Å². The molecule has 1 amide bonds. The van der Waals surface area contributed by atoms with E-state index in [4.69, 9.17) is 11.0 Å². The van der Waals surface area contributed by atoms with Crippen molar-refractivity contribution in [3.63, 3.8) is 0 Å². The Morgan fingerprint density at radius 2 is 2.04 bits per heavy atom. The van der Waals surface area contributed by atoms with E-state index >= 15 is 0 Å². The summed E-state index contributed by atoms with van der Waals surface area (Å²) in [5.74, 6) is -0.737. The number of nitrogens with zero attached hydrogens (tertiary/aromatic N) is 2. The van der Waals surface area contributed by atoms with Crippen LogP contribution in [0.25, 0.3) is 0 Å². The maximum absolute atomic E-state index is 13.5. The van der Waals surface area contributed by atoms with E-state index in [2.05, 4.69) is 0 Å². The molecule has 0 aromatic heterocycles. The quantitative estimate of drug-likeness (QED) is 0.900. The summed E-state index contributed by atoms with van der Waals surface area (Å²) in [4.78, 5) is 13.8. The number of rotatable bonds is 4. The Kier molecular flexibility index (Phi) is 6.70. The lowest BCUT2D eigenvalue weighted by Gasteiger charge is -2.34. The summed E-state index contributed by atoms with van der Waals surface area (Å²) in [7, 11) is 0. The van der Waals surface area contributed by atoms with Crippen molar-refractivity contribution < 1.29 is 13.6 Å². The van der Waals surface area contributed by atoms with Crippen LogP contribution in [-0.4, -0.2) is 35.6 Å². The van der Waals surface area contributed by atoms with Gasteiger partial charge in [0.1, 0.15) is 18.0 Å². The molecule has 1 aliphatic rings. The third-order valence-electron chi connectivity index (χ3n) is 4.36. The average molecular weight is 358 g/mol. The van der Waals surface area contributed by atoms with Gasteiger partial charge in [0.25, 0.3) is 0 Å². The van der Waals surface area contributed by atoms with E-state index in [1.807, 2.05) is 19.9 Å². The number of likely N-dealkylation sites (tertiary alicyclic amines) is 1. The van der Waals surface area contributed by atoms with Crippen LogP contribution in [0.1, 0.15) is 25.8 Å². The second kappa shape index (κ2) is 7.91. The van der Waals surface area contributed by atoms with E-state index < -0.39 is 29.6 Å². The SMILES string of the molecule is CC(C)(Cc1ccc(F)cc1)[C@H](N)C(=O)N1C[C@H](F)C[C@H]1C#N.Cl. The van der Waals surface area contributed by atoms with Crippen LogP contribution in [-0.2, 0) is 11.2 Å². The molecular formula is C17H22ClF2N3O. The minimum Gasteiger partial charge on any atom is -0.322 e. The molecule has 4 nitrogen and oxygen atoms in total. The van der Waals surface area contributed by atoms with Gasteiger partial charge in [0.05, 0.1) is 18.7 Å². The minimum absolute atomic E-state index is 0. The van der Waals surface area contributed by atoms with Crippen molar-refractivity contribution in [3.05, 3.63) is 35.6 Å². The molecule has 1 fully saturated rings. The predicted octanol–water partition coefficient (Wildman–Crippen LogP) is 2.61. The molecule has 1 heterocycles. The lowest BCUT2D eigenvalue weighted by Crippen LogP contribution is -2.53. The summed E-state index contributed by atoms with van der Waals surface area (Å²) < 4.78 is 26.5. The Morgan fingerprint density at radius 3 is 2.58 bits per heavy atom. The third-order valence-corrected chi connectivity index (χ3v) is 4.36. The number of amides is 1. The second-order valence-corrected chi connectivity index (χ2v) is 6.74. The first-order valence-electron chi connectivity index (χ1n) is 7.59. The fraction of sp³-hybridized carbons (Fsp3) is 0.529. The zero-order chi connectivity index (χ0) is 17.2. The highest BCUT2D eigenvalue weighted by molar-refractivity contribution is 5.85. The topological polar surface area (TPSA) is 70.1 Å². The van der Waals surface area contributed by atoms with Gasteiger partial charge >= 0.3 is 0 Å². The van der Waals surface area contributed by atoms with E-state index in [-0.39, 0.29) is 31.2 Å². The Labute approximate surface area is 147 Å². The van der Waals surface area contributed by atoms with Crippen molar-refractivity contribution >= 4 is 18.3 Å². The lowest BCUT2D eigenvalue weighted by atomic mass is 9.78.